The molecule has 0 saturated carbocycles. The molecular formula is C9H10ClNOS. The Morgan fingerprint density at radius 1 is 1.54 bits per heavy atom. The largest absolute Gasteiger partial charge is 0.496 e. The van der Waals surface area contributed by atoms with Gasteiger partial charge in [-0.3, -0.25) is 0 Å². The van der Waals surface area contributed by atoms with Crippen molar-refractivity contribution in [1.82, 2.24) is 0 Å². The average Bonchev–Trinajstić information content (AvgIpc) is 2.08. The SMILES string of the molecule is COc1cc(C)c(Cl)cc1C(N)=S. The number of benzene rings is 1. The summed E-state index contributed by atoms with van der Waals surface area (Å²) < 4.78 is 5.12. The van der Waals surface area contributed by atoms with Gasteiger partial charge in [-0.1, -0.05) is 23.8 Å². The van der Waals surface area contributed by atoms with E-state index in [9.17, 15) is 0 Å². The predicted molar refractivity (Wildman–Crippen MR) is 58.6 cm³/mol. The van der Waals surface area contributed by atoms with Gasteiger partial charge in [0, 0.05) is 5.02 Å². The Bertz CT molecular complexity index is 352. The molecule has 1 aromatic carbocycles. The molecule has 0 aliphatic rings. The van der Waals surface area contributed by atoms with Crippen LogP contribution in [0.5, 0.6) is 5.75 Å². The highest BCUT2D eigenvalue weighted by atomic mass is 35.5. The van der Waals surface area contributed by atoms with Gasteiger partial charge in [-0.05, 0) is 24.6 Å². The molecule has 0 heterocycles. The van der Waals surface area contributed by atoms with Gasteiger partial charge in [0.25, 0.3) is 0 Å². The van der Waals surface area contributed by atoms with Gasteiger partial charge in [0.1, 0.15) is 10.7 Å². The van der Waals surface area contributed by atoms with Gasteiger partial charge in [0.05, 0.1) is 12.7 Å². The molecule has 0 aromatic heterocycles. The number of halogens is 1. The molecule has 0 fully saturated rings. The first-order valence-corrected chi connectivity index (χ1v) is 4.49. The third-order valence-corrected chi connectivity index (χ3v) is 2.37. The van der Waals surface area contributed by atoms with Crippen molar-refractivity contribution in [3.63, 3.8) is 0 Å². The molecular weight excluding hydrogens is 206 g/mol. The van der Waals surface area contributed by atoms with E-state index in [1.807, 2.05) is 13.0 Å². The fourth-order valence-electron chi connectivity index (χ4n) is 1.02. The van der Waals surface area contributed by atoms with Gasteiger partial charge in [-0.25, -0.2) is 0 Å². The van der Waals surface area contributed by atoms with E-state index in [0.29, 0.717) is 21.3 Å². The number of methoxy groups -OCH3 is 1. The van der Waals surface area contributed by atoms with Crippen molar-refractivity contribution in [2.24, 2.45) is 5.73 Å². The Morgan fingerprint density at radius 3 is 2.62 bits per heavy atom. The van der Waals surface area contributed by atoms with Gasteiger partial charge in [-0.2, -0.15) is 0 Å². The first kappa shape index (κ1) is 10.3. The van der Waals surface area contributed by atoms with Crippen molar-refractivity contribution in [3.8, 4) is 5.75 Å². The van der Waals surface area contributed by atoms with Crippen molar-refractivity contribution in [1.29, 1.82) is 0 Å². The van der Waals surface area contributed by atoms with E-state index < -0.39 is 0 Å². The normalized spacial score (nSPS) is 9.77. The molecule has 1 aromatic rings. The number of thiocarbonyl (C=S) groups is 1. The van der Waals surface area contributed by atoms with Crippen molar-refractivity contribution in [2.75, 3.05) is 7.11 Å². The van der Waals surface area contributed by atoms with Crippen LogP contribution in [0.1, 0.15) is 11.1 Å². The van der Waals surface area contributed by atoms with Crippen LogP contribution in [-0.2, 0) is 0 Å². The second kappa shape index (κ2) is 3.94. The van der Waals surface area contributed by atoms with E-state index in [4.69, 9.17) is 34.3 Å². The lowest BCUT2D eigenvalue weighted by molar-refractivity contribution is 0.413. The monoisotopic (exact) mass is 215 g/mol. The molecule has 2 N–H and O–H groups in total. The van der Waals surface area contributed by atoms with E-state index in [2.05, 4.69) is 0 Å². The zero-order valence-corrected chi connectivity index (χ0v) is 9.00. The zero-order valence-electron chi connectivity index (χ0n) is 7.43. The Morgan fingerprint density at radius 2 is 2.15 bits per heavy atom. The summed E-state index contributed by atoms with van der Waals surface area (Å²) >= 11 is 10.8. The molecule has 70 valence electrons. The summed E-state index contributed by atoms with van der Waals surface area (Å²) in [6.07, 6.45) is 0. The molecule has 1 rings (SSSR count). The lowest BCUT2D eigenvalue weighted by atomic mass is 10.1. The molecule has 0 bridgehead atoms. The summed E-state index contributed by atoms with van der Waals surface area (Å²) in [6.45, 7) is 1.90. The Balaban J connectivity index is 3.33. The number of rotatable bonds is 2. The van der Waals surface area contributed by atoms with Gasteiger partial charge in [0.15, 0.2) is 0 Å². The lowest BCUT2D eigenvalue weighted by Crippen LogP contribution is -2.11. The van der Waals surface area contributed by atoms with E-state index in [1.165, 1.54) is 0 Å². The van der Waals surface area contributed by atoms with Crippen LogP contribution in [0.3, 0.4) is 0 Å². The Kier molecular flexibility index (Phi) is 3.12. The topological polar surface area (TPSA) is 35.2 Å². The van der Waals surface area contributed by atoms with Crippen molar-refractivity contribution in [2.45, 2.75) is 6.92 Å². The first-order chi connectivity index (χ1) is 6.06. The van der Waals surface area contributed by atoms with E-state index in [1.54, 1.807) is 13.2 Å². The van der Waals surface area contributed by atoms with Gasteiger partial charge < -0.3 is 10.5 Å². The maximum absolute atomic E-state index is 5.92. The van der Waals surface area contributed by atoms with Crippen LogP contribution in [0.2, 0.25) is 5.02 Å². The molecule has 4 heteroatoms. The number of ether oxygens (including phenoxy) is 1. The number of aryl methyl sites for hydroxylation is 1. The van der Waals surface area contributed by atoms with E-state index in [-0.39, 0.29) is 0 Å². The Labute approximate surface area is 87.6 Å². The molecule has 0 radical (unpaired) electrons. The molecule has 0 atom stereocenters. The maximum Gasteiger partial charge on any atom is 0.129 e. The zero-order chi connectivity index (χ0) is 10.0. The highest BCUT2D eigenvalue weighted by Crippen LogP contribution is 2.26. The van der Waals surface area contributed by atoms with Crippen molar-refractivity contribution >= 4 is 28.8 Å². The average molecular weight is 216 g/mol. The Hall–Kier alpha value is -0.800. The summed E-state index contributed by atoms with van der Waals surface area (Å²) in [7, 11) is 1.57. The van der Waals surface area contributed by atoms with E-state index in [0.717, 1.165) is 5.56 Å². The second-order valence-electron chi connectivity index (χ2n) is 2.67. The summed E-state index contributed by atoms with van der Waals surface area (Å²) in [4.78, 5) is 0.291. The fourth-order valence-corrected chi connectivity index (χ4v) is 1.34. The fraction of sp³-hybridized carbons (Fsp3) is 0.222. The highest BCUT2D eigenvalue weighted by molar-refractivity contribution is 7.80. The lowest BCUT2D eigenvalue weighted by Gasteiger charge is -2.09. The molecule has 0 saturated heterocycles. The standard InChI is InChI=1S/C9H10ClNOS/c1-5-3-8(12-2)6(9(11)13)4-7(5)10/h3-4H,1-2H3,(H2,11,13). The minimum Gasteiger partial charge on any atom is -0.496 e. The van der Waals surface area contributed by atoms with Crippen LogP contribution in [-0.4, -0.2) is 12.1 Å². The smallest absolute Gasteiger partial charge is 0.129 e. The number of nitrogens with two attached hydrogens (primary N) is 1. The van der Waals surface area contributed by atoms with Crippen molar-refractivity contribution < 1.29 is 4.74 Å². The molecule has 0 aliphatic heterocycles. The van der Waals surface area contributed by atoms with Gasteiger partial charge >= 0.3 is 0 Å². The highest BCUT2D eigenvalue weighted by Gasteiger charge is 2.08. The van der Waals surface area contributed by atoms with Crippen LogP contribution in [0.15, 0.2) is 12.1 Å². The number of hydrogen-bond donors (Lipinski definition) is 1. The third-order valence-electron chi connectivity index (χ3n) is 1.75. The molecule has 2 nitrogen and oxygen atoms in total. The van der Waals surface area contributed by atoms with Crippen LogP contribution < -0.4 is 10.5 Å². The van der Waals surface area contributed by atoms with Gasteiger partial charge in [-0.15, -0.1) is 0 Å². The minimum atomic E-state index is 0.291. The van der Waals surface area contributed by atoms with Gasteiger partial charge in [0.2, 0.25) is 0 Å². The molecule has 0 aliphatic carbocycles. The summed E-state index contributed by atoms with van der Waals surface area (Å²) in [5.41, 5.74) is 7.12. The quantitative estimate of drug-likeness (QED) is 0.769. The molecule has 0 spiro atoms. The molecule has 0 unspecified atom stereocenters. The van der Waals surface area contributed by atoms with Crippen LogP contribution in [0, 0.1) is 6.92 Å². The minimum absolute atomic E-state index is 0.291. The summed E-state index contributed by atoms with van der Waals surface area (Å²) in [5.74, 6) is 0.661. The summed E-state index contributed by atoms with van der Waals surface area (Å²) in [5, 5.41) is 0.642. The predicted octanol–water partition coefficient (Wildman–Crippen LogP) is 2.29. The third kappa shape index (κ3) is 2.11. The van der Waals surface area contributed by atoms with E-state index >= 15 is 0 Å². The van der Waals surface area contributed by atoms with Crippen molar-refractivity contribution in [3.05, 3.63) is 28.3 Å². The molecule has 0 amide bonds. The van der Waals surface area contributed by atoms with Crippen LogP contribution in [0.4, 0.5) is 0 Å². The second-order valence-corrected chi connectivity index (χ2v) is 3.51. The molecule has 13 heavy (non-hydrogen) atoms. The van der Waals surface area contributed by atoms with Crippen LogP contribution in [0.25, 0.3) is 0 Å². The maximum atomic E-state index is 5.92. The first-order valence-electron chi connectivity index (χ1n) is 3.70. The summed E-state index contributed by atoms with van der Waals surface area (Å²) in [6, 6.07) is 3.54. The number of hydrogen-bond acceptors (Lipinski definition) is 2. The van der Waals surface area contributed by atoms with Crippen LogP contribution >= 0.6 is 23.8 Å².